The maximum absolute atomic E-state index is 11.7. The average Bonchev–Trinajstić information content (AvgIpc) is 2.46. The number of aliphatic hydroxyl groups excluding tert-OH is 1. The minimum absolute atomic E-state index is 0.0833. The van der Waals surface area contributed by atoms with Crippen molar-refractivity contribution in [3.05, 3.63) is 15.3 Å². The van der Waals surface area contributed by atoms with Crippen molar-refractivity contribution in [2.75, 3.05) is 14.1 Å². The van der Waals surface area contributed by atoms with E-state index in [1.165, 1.54) is 20.2 Å². The lowest BCUT2D eigenvalue weighted by Crippen LogP contribution is -2.22. The van der Waals surface area contributed by atoms with Gasteiger partial charge in [-0.2, -0.15) is 0 Å². The van der Waals surface area contributed by atoms with Crippen molar-refractivity contribution in [1.29, 1.82) is 0 Å². The second-order valence-electron chi connectivity index (χ2n) is 2.78. The SMILES string of the molecule is CN(C)S(=O)(=O)c1cc(Cl)sc1CO. The summed E-state index contributed by atoms with van der Waals surface area (Å²) in [6, 6.07) is 1.35. The van der Waals surface area contributed by atoms with Gasteiger partial charge in [0.05, 0.1) is 20.7 Å². The molecule has 0 fully saturated rings. The third kappa shape index (κ3) is 2.09. The molecule has 1 heterocycles. The van der Waals surface area contributed by atoms with E-state index < -0.39 is 10.0 Å². The summed E-state index contributed by atoms with van der Waals surface area (Å²) in [6.07, 6.45) is 0. The van der Waals surface area contributed by atoms with Crippen molar-refractivity contribution < 1.29 is 13.5 Å². The topological polar surface area (TPSA) is 57.6 Å². The lowest BCUT2D eigenvalue weighted by atomic mass is 10.5. The van der Waals surface area contributed by atoms with Gasteiger partial charge in [0.15, 0.2) is 0 Å². The zero-order valence-electron chi connectivity index (χ0n) is 7.69. The molecular formula is C7H10ClNO3S2. The molecule has 1 N–H and O–H groups in total. The second-order valence-corrected chi connectivity index (χ2v) is 6.67. The van der Waals surface area contributed by atoms with Gasteiger partial charge in [-0.25, -0.2) is 12.7 Å². The molecule has 1 aromatic heterocycles. The number of sulfonamides is 1. The molecular weight excluding hydrogens is 246 g/mol. The maximum atomic E-state index is 11.7. The molecule has 0 bridgehead atoms. The molecule has 0 spiro atoms. The van der Waals surface area contributed by atoms with E-state index in [9.17, 15) is 8.42 Å². The molecule has 0 aliphatic rings. The van der Waals surface area contributed by atoms with Gasteiger partial charge in [-0.05, 0) is 6.07 Å². The number of thiophene rings is 1. The average molecular weight is 256 g/mol. The van der Waals surface area contributed by atoms with Crippen molar-refractivity contribution in [1.82, 2.24) is 4.31 Å². The van der Waals surface area contributed by atoms with Crippen LogP contribution in [0.5, 0.6) is 0 Å². The van der Waals surface area contributed by atoms with Gasteiger partial charge in [-0.3, -0.25) is 0 Å². The molecule has 0 aliphatic carbocycles. The van der Waals surface area contributed by atoms with Crippen molar-refractivity contribution in [2.45, 2.75) is 11.5 Å². The van der Waals surface area contributed by atoms with E-state index in [0.29, 0.717) is 9.21 Å². The molecule has 0 unspecified atom stereocenters. The van der Waals surface area contributed by atoms with Crippen LogP contribution in [0.2, 0.25) is 4.34 Å². The molecule has 0 radical (unpaired) electrons. The predicted octanol–water partition coefficient (Wildman–Crippen LogP) is 1.14. The Hall–Kier alpha value is -0.140. The number of hydrogen-bond acceptors (Lipinski definition) is 4. The molecule has 0 amide bonds. The van der Waals surface area contributed by atoms with Gasteiger partial charge in [0, 0.05) is 14.1 Å². The van der Waals surface area contributed by atoms with E-state index in [-0.39, 0.29) is 11.5 Å². The molecule has 1 rings (SSSR count). The Balaban J connectivity index is 3.32. The van der Waals surface area contributed by atoms with E-state index in [2.05, 4.69) is 0 Å². The highest BCUT2D eigenvalue weighted by Crippen LogP contribution is 2.31. The smallest absolute Gasteiger partial charge is 0.243 e. The first-order valence-corrected chi connectivity index (χ1v) is 6.34. The summed E-state index contributed by atoms with van der Waals surface area (Å²) < 4.78 is 24.8. The Kier molecular flexibility index (Phi) is 3.54. The number of nitrogens with zero attached hydrogens (tertiary/aromatic N) is 1. The first kappa shape index (κ1) is 11.9. The fraction of sp³-hybridized carbons (Fsp3) is 0.429. The predicted molar refractivity (Wildman–Crippen MR) is 56.1 cm³/mol. The van der Waals surface area contributed by atoms with Crippen LogP contribution in [0.3, 0.4) is 0 Å². The molecule has 0 aliphatic heterocycles. The summed E-state index contributed by atoms with van der Waals surface area (Å²) in [6.45, 7) is -0.320. The maximum Gasteiger partial charge on any atom is 0.243 e. The quantitative estimate of drug-likeness (QED) is 0.881. The normalized spacial score (nSPS) is 12.4. The molecule has 0 aromatic carbocycles. The van der Waals surface area contributed by atoms with E-state index in [4.69, 9.17) is 16.7 Å². The van der Waals surface area contributed by atoms with Crippen LogP contribution < -0.4 is 0 Å². The van der Waals surface area contributed by atoms with Crippen LogP contribution in [-0.4, -0.2) is 31.9 Å². The van der Waals surface area contributed by atoms with Crippen molar-refractivity contribution in [2.24, 2.45) is 0 Å². The first-order chi connectivity index (χ1) is 6.39. The van der Waals surface area contributed by atoms with Gasteiger partial charge in [0.2, 0.25) is 10.0 Å². The minimum atomic E-state index is -3.50. The Bertz CT molecular complexity index is 424. The summed E-state index contributed by atoms with van der Waals surface area (Å²) in [5, 5.41) is 8.95. The molecule has 0 atom stereocenters. The molecule has 80 valence electrons. The van der Waals surface area contributed by atoms with Crippen LogP contribution in [0, 0.1) is 0 Å². The first-order valence-electron chi connectivity index (χ1n) is 3.71. The highest BCUT2D eigenvalue weighted by Gasteiger charge is 2.23. The zero-order chi connectivity index (χ0) is 10.9. The van der Waals surface area contributed by atoms with E-state index in [1.54, 1.807) is 0 Å². The van der Waals surface area contributed by atoms with Crippen molar-refractivity contribution >= 4 is 33.0 Å². The van der Waals surface area contributed by atoms with Gasteiger partial charge < -0.3 is 5.11 Å². The van der Waals surface area contributed by atoms with Crippen LogP contribution in [0.15, 0.2) is 11.0 Å². The van der Waals surface area contributed by atoms with Gasteiger partial charge in [0.25, 0.3) is 0 Å². The minimum Gasteiger partial charge on any atom is -0.391 e. The van der Waals surface area contributed by atoms with Gasteiger partial charge >= 0.3 is 0 Å². The number of aliphatic hydroxyl groups is 1. The van der Waals surface area contributed by atoms with Crippen LogP contribution in [0.1, 0.15) is 4.88 Å². The summed E-state index contributed by atoms with van der Waals surface area (Å²) in [4.78, 5) is 0.448. The van der Waals surface area contributed by atoms with Crippen LogP contribution in [0.4, 0.5) is 0 Å². The number of rotatable bonds is 3. The second kappa shape index (κ2) is 4.16. The monoisotopic (exact) mass is 255 g/mol. The molecule has 14 heavy (non-hydrogen) atoms. The number of hydrogen-bond donors (Lipinski definition) is 1. The Morgan fingerprint density at radius 3 is 2.57 bits per heavy atom. The number of halogens is 1. The Morgan fingerprint density at radius 2 is 2.14 bits per heavy atom. The fourth-order valence-electron chi connectivity index (χ4n) is 0.906. The van der Waals surface area contributed by atoms with E-state index in [0.717, 1.165) is 15.6 Å². The molecule has 7 heteroatoms. The summed E-state index contributed by atoms with van der Waals surface area (Å²) >= 11 is 6.75. The van der Waals surface area contributed by atoms with Crippen molar-refractivity contribution in [3.8, 4) is 0 Å². The highest BCUT2D eigenvalue weighted by atomic mass is 35.5. The standard InChI is InChI=1S/C7H10ClNO3S2/c1-9(2)14(11,12)6-3-7(8)13-5(6)4-10/h3,10H,4H2,1-2H3. The van der Waals surface area contributed by atoms with Gasteiger partial charge in [-0.15, -0.1) is 11.3 Å². The lowest BCUT2D eigenvalue weighted by molar-refractivity contribution is 0.282. The molecule has 0 saturated carbocycles. The van der Waals surface area contributed by atoms with Gasteiger partial charge in [-0.1, -0.05) is 11.6 Å². The largest absolute Gasteiger partial charge is 0.391 e. The summed E-state index contributed by atoms with van der Waals surface area (Å²) in [5.74, 6) is 0. The summed E-state index contributed by atoms with van der Waals surface area (Å²) in [5.41, 5.74) is 0. The lowest BCUT2D eigenvalue weighted by Gasteiger charge is -2.10. The van der Waals surface area contributed by atoms with Crippen LogP contribution >= 0.6 is 22.9 Å². The highest BCUT2D eigenvalue weighted by molar-refractivity contribution is 7.89. The van der Waals surface area contributed by atoms with Crippen LogP contribution in [0.25, 0.3) is 0 Å². The Morgan fingerprint density at radius 1 is 1.57 bits per heavy atom. The zero-order valence-corrected chi connectivity index (χ0v) is 10.1. The van der Waals surface area contributed by atoms with Crippen molar-refractivity contribution in [3.63, 3.8) is 0 Å². The third-order valence-corrected chi connectivity index (χ3v) is 4.90. The van der Waals surface area contributed by atoms with Gasteiger partial charge in [0.1, 0.15) is 0 Å². The third-order valence-electron chi connectivity index (χ3n) is 1.64. The van der Waals surface area contributed by atoms with E-state index in [1.807, 2.05) is 0 Å². The molecule has 1 aromatic rings. The Labute approximate surface area is 91.8 Å². The molecule has 4 nitrogen and oxygen atoms in total. The van der Waals surface area contributed by atoms with Crippen LogP contribution in [-0.2, 0) is 16.6 Å². The fourth-order valence-corrected chi connectivity index (χ4v) is 3.52. The molecule has 0 saturated heterocycles. The summed E-state index contributed by atoms with van der Waals surface area (Å²) in [7, 11) is -0.634. The van der Waals surface area contributed by atoms with E-state index >= 15 is 0 Å².